The Bertz CT molecular complexity index is 2860. The summed E-state index contributed by atoms with van der Waals surface area (Å²) in [6.07, 6.45) is 0. The molecule has 2 N–H and O–H groups in total. The minimum Gasteiger partial charge on any atom is -0.871 e. The van der Waals surface area contributed by atoms with E-state index in [1.807, 2.05) is 24.3 Å². The molecular formula is C44H40ClCrN4O9S. The SMILES string of the molecule is CCN(CC)c1ccc2c(-c3ccccc3C(=O)[O-])c3ccc(=[N+](CC)CC)cc-3oc2c1.O.O=S(=O)([O-])c1ccc2c(N=Nc3cc(Cl)ccc3[O-])c([O-])ccc2c1.[Cr+3]. The fourth-order valence-electron chi connectivity index (χ4n) is 6.81. The van der Waals surface area contributed by atoms with E-state index >= 15 is 0 Å². The van der Waals surface area contributed by atoms with Crippen molar-refractivity contribution in [1.82, 2.24) is 4.58 Å². The van der Waals surface area contributed by atoms with Crippen LogP contribution in [0, 0.1) is 0 Å². The number of aromatic carboxylic acids is 1. The summed E-state index contributed by atoms with van der Waals surface area (Å²) < 4.78 is 42.0. The largest absolute Gasteiger partial charge is 3.00 e. The smallest absolute Gasteiger partial charge is 0.871 e. The fraction of sp³-hybridized carbons (Fsp3) is 0.182. The number of carboxylic acid groups (broad SMARTS) is 1. The fourth-order valence-corrected chi connectivity index (χ4v) is 7.48. The summed E-state index contributed by atoms with van der Waals surface area (Å²) in [6.45, 7) is 12.1. The van der Waals surface area contributed by atoms with Crippen molar-refractivity contribution in [3.63, 3.8) is 0 Å². The van der Waals surface area contributed by atoms with E-state index in [1.165, 1.54) is 36.4 Å². The van der Waals surface area contributed by atoms with E-state index in [2.05, 4.69) is 71.7 Å². The van der Waals surface area contributed by atoms with Crippen LogP contribution in [0.4, 0.5) is 17.1 Å². The van der Waals surface area contributed by atoms with Gasteiger partial charge < -0.3 is 39.5 Å². The van der Waals surface area contributed by atoms with Crippen molar-refractivity contribution in [1.29, 1.82) is 0 Å². The van der Waals surface area contributed by atoms with Crippen LogP contribution in [0.5, 0.6) is 11.5 Å². The molecule has 2 aliphatic rings. The second kappa shape index (κ2) is 20.0. The number of carbonyl (C=O) groups is 1. The number of fused-ring (bicyclic) bond motifs is 3. The van der Waals surface area contributed by atoms with Gasteiger partial charge in [0.25, 0.3) is 0 Å². The third-order valence-electron chi connectivity index (χ3n) is 9.76. The number of carboxylic acids is 1. The maximum atomic E-state index is 12.1. The molecule has 0 fully saturated rings. The zero-order valence-electron chi connectivity index (χ0n) is 33.0. The van der Waals surface area contributed by atoms with Gasteiger partial charge in [-0.05, 0) is 81.1 Å². The van der Waals surface area contributed by atoms with Crippen molar-refractivity contribution in [2.24, 2.45) is 10.2 Å². The standard InChI is InChI=1S/C28H30N2O3.C16H11ClN2O5S.Cr.H2O/c1-5-29(6-2)19-13-15-23-25(17-19)33-26-18-20(30(7-3)8-4)14-16-24(26)27(23)21-11-9-10-12-22(21)28(31)32;17-10-2-6-14(20)13(8-10)18-19-16-12-4-3-11(25(22,23)24)7-9(12)1-5-15(16)21;;/h9-18H,5-8H2,1-4H3;1-8,20-21H,(H,22,23,24);;1H2/q;;+3;/p-3. The molecule has 0 spiro atoms. The molecule has 1 aliphatic carbocycles. The zero-order valence-corrected chi connectivity index (χ0v) is 35.8. The van der Waals surface area contributed by atoms with Crippen molar-refractivity contribution in [3.8, 4) is 33.9 Å². The molecule has 60 heavy (non-hydrogen) atoms. The first-order valence-electron chi connectivity index (χ1n) is 18.5. The average Bonchev–Trinajstić information content (AvgIpc) is 3.21. The molecule has 0 bridgehead atoms. The van der Waals surface area contributed by atoms with Crippen LogP contribution in [-0.4, -0.2) is 50.6 Å². The molecule has 309 valence electrons. The summed E-state index contributed by atoms with van der Waals surface area (Å²) in [6, 6.07) is 29.4. The maximum Gasteiger partial charge on any atom is 3.00 e. The van der Waals surface area contributed by atoms with Crippen LogP contribution < -0.4 is 30.2 Å². The Morgan fingerprint density at radius 2 is 1.47 bits per heavy atom. The molecule has 0 saturated heterocycles. The van der Waals surface area contributed by atoms with Gasteiger partial charge in [-0.3, -0.25) is 0 Å². The van der Waals surface area contributed by atoms with Crippen molar-refractivity contribution < 1.29 is 60.3 Å². The molecule has 1 radical (unpaired) electrons. The normalized spacial score (nSPS) is 11.2. The van der Waals surface area contributed by atoms with Crippen molar-refractivity contribution in [2.45, 2.75) is 32.6 Å². The van der Waals surface area contributed by atoms with Gasteiger partial charge in [-0.1, -0.05) is 71.6 Å². The minimum absolute atomic E-state index is 0. The first-order valence-corrected chi connectivity index (χ1v) is 20.3. The molecule has 5 aromatic carbocycles. The molecule has 5 aromatic rings. The first-order chi connectivity index (χ1) is 27.8. The Morgan fingerprint density at radius 3 is 2.13 bits per heavy atom. The van der Waals surface area contributed by atoms with Crippen molar-refractivity contribution in [2.75, 3.05) is 31.1 Å². The minimum atomic E-state index is -4.62. The number of benzene rings is 6. The molecule has 16 heteroatoms. The maximum absolute atomic E-state index is 12.1. The number of hydrogen-bond acceptors (Lipinski definition) is 11. The summed E-state index contributed by atoms with van der Waals surface area (Å²) in [5, 5.41) is 46.2. The van der Waals surface area contributed by atoms with Crippen molar-refractivity contribution in [3.05, 3.63) is 125 Å². The van der Waals surface area contributed by atoms with Gasteiger partial charge in [-0.15, -0.1) is 0 Å². The Morgan fingerprint density at radius 1 is 0.783 bits per heavy atom. The number of anilines is 1. The molecule has 13 nitrogen and oxygen atoms in total. The molecular weight excluding hydrogens is 848 g/mol. The zero-order chi connectivity index (χ0) is 41.7. The number of halogens is 1. The van der Waals surface area contributed by atoms with Gasteiger partial charge in [-0.2, -0.15) is 10.2 Å². The van der Waals surface area contributed by atoms with E-state index in [0.29, 0.717) is 21.4 Å². The quantitative estimate of drug-likeness (QED) is 0.0645. The van der Waals surface area contributed by atoms with Gasteiger partial charge in [0.05, 0.1) is 28.3 Å². The number of carbonyl (C=O) groups excluding carboxylic acids is 1. The summed E-state index contributed by atoms with van der Waals surface area (Å²) in [5.41, 5.74) is 4.23. The van der Waals surface area contributed by atoms with Gasteiger partial charge in [-0.25, -0.2) is 13.0 Å². The molecule has 7 rings (SSSR count). The summed E-state index contributed by atoms with van der Waals surface area (Å²) in [7, 11) is -4.62. The molecule has 0 aromatic heterocycles. The Hall–Kier alpha value is -5.79. The van der Waals surface area contributed by atoms with Crippen molar-refractivity contribution >= 4 is 66.5 Å². The predicted octanol–water partition coefficient (Wildman–Crippen LogP) is 6.36. The van der Waals surface area contributed by atoms with Crippen LogP contribution in [0.2, 0.25) is 5.02 Å². The van der Waals surface area contributed by atoms with E-state index in [0.717, 1.165) is 77.2 Å². The second-order valence-electron chi connectivity index (χ2n) is 13.1. The molecule has 0 unspecified atom stereocenters. The number of azo groups is 1. The monoisotopic (exact) mass is 887 g/mol. The summed E-state index contributed by atoms with van der Waals surface area (Å²) in [5.74, 6) is -1.34. The number of nitrogens with zero attached hydrogens (tertiary/aromatic N) is 4. The molecule has 1 heterocycles. The first kappa shape index (κ1) is 46.9. The van der Waals surface area contributed by atoms with Gasteiger partial charge in [0.1, 0.15) is 34.6 Å². The molecule has 0 saturated carbocycles. The Labute approximate surface area is 362 Å². The average molecular weight is 888 g/mol. The van der Waals surface area contributed by atoms with E-state index in [4.69, 9.17) is 16.0 Å². The number of rotatable bonds is 10. The van der Waals surface area contributed by atoms with Crippen LogP contribution >= 0.6 is 11.6 Å². The predicted molar refractivity (Wildman–Crippen MR) is 223 cm³/mol. The Balaban J connectivity index is 0.000000265. The van der Waals surface area contributed by atoms with Gasteiger partial charge >= 0.3 is 17.4 Å². The van der Waals surface area contributed by atoms with E-state index in [-0.39, 0.29) is 39.8 Å². The number of hydrogen-bond donors (Lipinski definition) is 0. The van der Waals surface area contributed by atoms with Crippen LogP contribution in [0.3, 0.4) is 0 Å². The second-order valence-corrected chi connectivity index (χ2v) is 14.9. The van der Waals surface area contributed by atoms with Gasteiger partial charge in [0.15, 0.2) is 0 Å². The van der Waals surface area contributed by atoms with Crippen LogP contribution in [0.15, 0.2) is 129 Å². The summed E-state index contributed by atoms with van der Waals surface area (Å²) >= 11 is 5.80. The topological polar surface area (TPSA) is 219 Å². The van der Waals surface area contributed by atoms with E-state index in [1.54, 1.807) is 12.1 Å². The molecule has 0 atom stereocenters. The van der Waals surface area contributed by atoms with Crippen LogP contribution in [-0.2, 0) is 27.5 Å². The third kappa shape index (κ3) is 9.97. The van der Waals surface area contributed by atoms with Gasteiger partial charge in [0.2, 0.25) is 5.36 Å². The molecule has 0 amide bonds. The third-order valence-corrected chi connectivity index (χ3v) is 10.8. The van der Waals surface area contributed by atoms with E-state index < -0.39 is 32.5 Å². The summed E-state index contributed by atoms with van der Waals surface area (Å²) in [4.78, 5) is 13.8. The van der Waals surface area contributed by atoms with Gasteiger partial charge in [0, 0.05) is 63.4 Å². The molecule has 1 aliphatic heterocycles. The van der Waals surface area contributed by atoms with Crippen LogP contribution in [0.1, 0.15) is 38.1 Å². The Kier molecular flexibility index (Phi) is 15.6. The van der Waals surface area contributed by atoms with Crippen LogP contribution in [0.25, 0.3) is 44.2 Å². The van der Waals surface area contributed by atoms with E-state index in [9.17, 15) is 33.1 Å².